The van der Waals surface area contributed by atoms with Gasteiger partial charge in [0.2, 0.25) is 0 Å². The molecule has 0 radical (unpaired) electrons. The fourth-order valence-electron chi connectivity index (χ4n) is 3.77. The van der Waals surface area contributed by atoms with E-state index in [1.165, 1.54) is 18.5 Å². The van der Waals surface area contributed by atoms with Gasteiger partial charge in [-0.1, -0.05) is 23.7 Å². The van der Waals surface area contributed by atoms with E-state index < -0.39 is 5.41 Å². The summed E-state index contributed by atoms with van der Waals surface area (Å²) in [5, 5.41) is 12.1. The molecule has 3 rings (SSSR count). The third-order valence-corrected chi connectivity index (χ3v) is 5.26. The Morgan fingerprint density at radius 3 is 2.86 bits per heavy atom. The monoisotopic (exact) mass is 402 g/mol. The number of benzene rings is 1. The fourth-order valence-corrected chi connectivity index (χ4v) is 3.99. The fraction of sp³-hybridized carbons (Fsp3) is 0.381. The highest BCUT2D eigenvalue weighted by Gasteiger charge is 2.45. The Balaban J connectivity index is 1.88. The average molecular weight is 403 g/mol. The van der Waals surface area contributed by atoms with Crippen molar-refractivity contribution < 1.29 is 19.1 Å². The van der Waals surface area contributed by atoms with Crippen LogP contribution in [0.3, 0.4) is 0 Å². The smallest absolute Gasteiger partial charge is 0.314 e. The van der Waals surface area contributed by atoms with E-state index in [2.05, 4.69) is 0 Å². The zero-order valence-electron chi connectivity index (χ0n) is 15.8. The van der Waals surface area contributed by atoms with Crippen LogP contribution in [0.4, 0.5) is 0 Å². The Kier molecular flexibility index (Phi) is 6.19. The number of piperidine rings is 1. The molecular formula is C21H23ClN2O4. The quantitative estimate of drug-likeness (QED) is 0.438. The maximum Gasteiger partial charge on any atom is 0.314 e. The van der Waals surface area contributed by atoms with Gasteiger partial charge in [0.25, 0.3) is 5.91 Å². The van der Waals surface area contributed by atoms with Crippen LogP contribution in [0.2, 0.25) is 5.02 Å². The molecule has 1 aromatic heterocycles. The number of esters is 1. The third kappa shape index (κ3) is 4.44. The van der Waals surface area contributed by atoms with Gasteiger partial charge in [0, 0.05) is 24.2 Å². The van der Waals surface area contributed by atoms with Crippen molar-refractivity contribution in [1.29, 1.82) is 0 Å². The van der Waals surface area contributed by atoms with E-state index in [1.807, 2.05) is 18.2 Å². The minimum atomic E-state index is -0.836. The highest BCUT2D eigenvalue weighted by Crippen LogP contribution is 2.36. The zero-order valence-corrected chi connectivity index (χ0v) is 16.5. The number of ether oxygens (including phenoxy) is 1. The highest BCUT2D eigenvalue weighted by molar-refractivity contribution is 6.30. The van der Waals surface area contributed by atoms with Gasteiger partial charge in [0.1, 0.15) is 5.56 Å². The number of hydrogen-bond donors (Lipinski definition) is 0. The molecule has 0 unspecified atom stereocenters. The van der Waals surface area contributed by atoms with Crippen LogP contribution in [-0.2, 0) is 16.0 Å². The first-order valence-electron chi connectivity index (χ1n) is 9.33. The zero-order chi connectivity index (χ0) is 20.1. The molecule has 1 fully saturated rings. The Morgan fingerprint density at radius 1 is 1.32 bits per heavy atom. The van der Waals surface area contributed by atoms with Crippen LogP contribution in [0, 0.1) is 10.6 Å². The van der Waals surface area contributed by atoms with E-state index in [1.54, 1.807) is 24.0 Å². The van der Waals surface area contributed by atoms with Crippen LogP contribution in [0.15, 0.2) is 48.8 Å². The molecule has 2 aromatic rings. The van der Waals surface area contributed by atoms with Crippen molar-refractivity contribution in [3.63, 3.8) is 0 Å². The van der Waals surface area contributed by atoms with Crippen LogP contribution in [0.25, 0.3) is 0 Å². The molecule has 2 heterocycles. The minimum Gasteiger partial charge on any atom is -0.619 e. The minimum absolute atomic E-state index is 0.241. The molecule has 0 aliphatic carbocycles. The van der Waals surface area contributed by atoms with Crippen molar-refractivity contribution in [1.82, 2.24) is 4.90 Å². The first-order chi connectivity index (χ1) is 13.4. The van der Waals surface area contributed by atoms with Gasteiger partial charge in [0.05, 0.1) is 12.0 Å². The SMILES string of the molecule is CCOC(=O)[C@@]1(Cc2cccc(Cl)c2)CCCN(C(=O)c2ccc[n+]([O-])c2)C1. The number of aromatic nitrogens is 1. The number of likely N-dealkylation sites (tertiary alicyclic amines) is 1. The molecule has 1 aliphatic heterocycles. The molecule has 6 nitrogen and oxygen atoms in total. The molecule has 1 amide bonds. The lowest BCUT2D eigenvalue weighted by Gasteiger charge is -2.41. The first-order valence-corrected chi connectivity index (χ1v) is 9.71. The summed E-state index contributed by atoms with van der Waals surface area (Å²) in [7, 11) is 0. The molecule has 0 spiro atoms. The van der Waals surface area contributed by atoms with E-state index in [0.717, 1.165) is 5.56 Å². The molecule has 7 heteroatoms. The van der Waals surface area contributed by atoms with Crippen LogP contribution in [0.5, 0.6) is 0 Å². The van der Waals surface area contributed by atoms with Gasteiger partial charge < -0.3 is 14.8 Å². The summed E-state index contributed by atoms with van der Waals surface area (Å²) >= 11 is 6.11. The van der Waals surface area contributed by atoms with Crippen LogP contribution in [0.1, 0.15) is 35.7 Å². The first kappa shape index (κ1) is 20.1. The summed E-state index contributed by atoms with van der Waals surface area (Å²) in [6.07, 6.45) is 4.31. The predicted molar refractivity (Wildman–Crippen MR) is 105 cm³/mol. The van der Waals surface area contributed by atoms with Crippen LogP contribution < -0.4 is 4.73 Å². The van der Waals surface area contributed by atoms with E-state index in [0.29, 0.717) is 41.1 Å². The molecule has 1 saturated heterocycles. The second-order valence-corrected chi connectivity index (χ2v) is 7.53. The molecule has 1 atom stereocenters. The van der Waals surface area contributed by atoms with Crippen LogP contribution in [-0.4, -0.2) is 36.5 Å². The van der Waals surface area contributed by atoms with Gasteiger partial charge in [-0.25, -0.2) is 0 Å². The number of nitrogens with zero attached hydrogens (tertiary/aromatic N) is 2. The van der Waals surface area contributed by atoms with Gasteiger partial charge in [0.15, 0.2) is 12.4 Å². The summed E-state index contributed by atoms with van der Waals surface area (Å²) in [5.74, 6) is -0.566. The number of rotatable bonds is 5. The van der Waals surface area contributed by atoms with E-state index in [4.69, 9.17) is 16.3 Å². The average Bonchev–Trinajstić information content (AvgIpc) is 2.68. The molecule has 0 bridgehead atoms. The molecule has 1 aliphatic rings. The van der Waals surface area contributed by atoms with Crippen molar-refractivity contribution in [3.8, 4) is 0 Å². The molecule has 1 aromatic carbocycles. The molecular weight excluding hydrogens is 380 g/mol. The van der Waals surface area contributed by atoms with Gasteiger partial charge >= 0.3 is 5.97 Å². The van der Waals surface area contributed by atoms with Crippen molar-refractivity contribution in [2.45, 2.75) is 26.2 Å². The maximum absolute atomic E-state index is 12.9. The number of carbonyl (C=O) groups is 2. The van der Waals surface area contributed by atoms with Gasteiger partial charge in [-0.05, 0) is 49.9 Å². The van der Waals surface area contributed by atoms with Crippen molar-refractivity contribution in [3.05, 3.63) is 70.1 Å². The predicted octanol–water partition coefficient (Wildman–Crippen LogP) is 3.00. The van der Waals surface area contributed by atoms with Gasteiger partial charge in [-0.2, -0.15) is 4.73 Å². The summed E-state index contributed by atoms with van der Waals surface area (Å²) in [4.78, 5) is 27.5. The lowest BCUT2D eigenvalue weighted by atomic mass is 9.75. The second kappa shape index (κ2) is 8.61. The van der Waals surface area contributed by atoms with Gasteiger partial charge in [-0.3, -0.25) is 9.59 Å². The molecule has 0 saturated carbocycles. The Hall–Kier alpha value is -2.60. The van der Waals surface area contributed by atoms with E-state index in [-0.39, 0.29) is 25.0 Å². The lowest BCUT2D eigenvalue weighted by molar-refractivity contribution is -0.605. The summed E-state index contributed by atoms with van der Waals surface area (Å²) < 4.78 is 5.98. The Bertz CT molecular complexity index is 873. The number of amides is 1. The summed E-state index contributed by atoms with van der Waals surface area (Å²) in [5.41, 5.74) is 0.392. The highest BCUT2D eigenvalue weighted by atomic mass is 35.5. The Morgan fingerprint density at radius 2 is 2.14 bits per heavy atom. The standard InChI is InChI=1S/C21H23ClN2O4/c1-2-28-20(26)21(13-16-6-3-8-18(22)12-16)9-5-10-23(15-21)19(25)17-7-4-11-24(27)14-17/h3-4,6-8,11-12,14H,2,5,9-10,13,15H2,1H3/t21-/m1/s1. The van der Waals surface area contributed by atoms with Crippen molar-refractivity contribution >= 4 is 23.5 Å². The third-order valence-electron chi connectivity index (χ3n) is 5.03. The van der Waals surface area contributed by atoms with Crippen molar-refractivity contribution in [2.75, 3.05) is 19.7 Å². The van der Waals surface area contributed by atoms with Crippen molar-refractivity contribution in [2.24, 2.45) is 5.41 Å². The topological polar surface area (TPSA) is 73.5 Å². The number of halogens is 1. The maximum atomic E-state index is 12.9. The summed E-state index contributed by atoms with van der Waals surface area (Å²) in [6, 6.07) is 10.5. The van der Waals surface area contributed by atoms with E-state index >= 15 is 0 Å². The van der Waals surface area contributed by atoms with E-state index in [9.17, 15) is 14.8 Å². The second-order valence-electron chi connectivity index (χ2n) is 7.09. The normalized spacial score (nSPS) is 19.3. The molecule has 0 N–H and O–H groups in total. The number of carbonyl (C=O) groups excluding carboxylic acids is 2. The lowest BCUT2D eigenvalue weighted by Crippen LogP contribution is -2.51. The summed E-state index contributed by atoms with van der Waals surface area (Å²) in [6.45, 7) is 2.82. The number of pyridine rings is 1. The molecule has 148 valence electrons. The van der Waals surface area contributed by atoms with Gasteiger partial charge in [-0.15, -0.1) is 0 Å². The van der Waals surface area contributed by atoms with Crippen LogP contribution >= 0.6 is 11.6 Å². The molecule has 28 heavy (non-hydrogen) atoms. The Labute approximate surface area is 169 Å². The number of hydrogen-bond acceptors (Lipinski definition) is 4. The largest absolute Gasteiger partial charge is 0.619 e.